The molecule has 4 heteroatoms. The van der Waals surface area contributed by atoms with Crippen LogP contribution in [0.5, 0.6) is 0 Å². The number of para-hydroxylation sites is 1. The summed E-state index contributed by atoms with van der Waals surface area (Å²) in [6.45, 7) is 11.3. The molecular weight excluding hydrogens is 250 g/mol. The largest absolute Gasteiger partial charge is 0.326 e. The van der Waals surface area contributed by atoms with E-state index in [1.54, 1.807) is 9.80 Å². The van der Waals surface area contributed by atoms with Gasteiger partial charge in [-0.2, -0.15) is 0 Å². The number of carbonyl (C=O) groups excluding carboxylic acids is 1. The standard InChI is InChI=1S/C16H25N3O/c1-3-18-10-12-19(13-11-18)9-8-16(20)17-15-7-5-4-6-14(15)2/h4-7H,3,8-13H2,1-2H3,(H,17,20)/p+2. The highest BCUT2D eigenvalue weighted by atomic mass is 16.1. The fourth-order valence-electron chi connectivity index (χ4n) is 2.78. The molecule has 4 nitrogen and oxygen atoms in total. The molecule has 1 aromatic carbocycles. The third-order valence-corrected chi connectivity index (χ3v) is 4.29. The SMILES string of the molecule is CC[NH+]1CC[NH+](CCC(=O)Nc2ccccc2C)CC1. The van der Waals surface area contributed by atoms with Crippen LogP contribution in [0.3, 0.4) is 0 Å². The van der Waals surface area contributed by atoms with Gasteiger partial charge in [-0.25, -0.2) is 0 Å². The van der Waals surface area contributed by atoms with Gasteiger partial charge < -0.3 is 15.1 Å². The first kappa shape index (κ1) is 15.0. The second-order valence-electron chi connectivity index (χ2n) is 5.72. The fraction of sp³-hybridized carbons (Fsp3) is 0.562. The van der Waals surface area contributed by atoms with Gasteiger partial charge in [0.25, 0.3) is 0 Å². The molecular formula is C16H27N3O+2. The fourth-order valence-corrected chi connectivity index (χ4v) is 2.78. The van der Waals surface area contributed by atoms with Crippen molar-refractivity contribution in [2.45, 2.75) is 20.3 Å². The van der Waals surface area contributed by atoms with Crippen LogP contribution in [0.2, 0.25) is 0 Å². The van der Waals surface area contributed by atoms with Gasteiger partial charge in [-0.15, -0.1) is 0 Å². The van der Waals surface area contributed by atoms with Crippen molar-refractivity contribution in [3.8, 4) is 0 Å². The molecule has 1 heterocycles. The molecule has 0 aromatic heterocycles. The van der Waals surface area contributed by atoms with Crippen LogP contribution in [0.25, 0.3) is 0 Å². The van der Waals surface area contributed by atoms with E-state index in [1.165, 1.54) is 32.7 Å². The Hall–Kier alpha value is -1.39. The van der Waals surface area contributed by atoms with Gasteiger partial charge >= 0.3 is 0 Å². The summed E-state index contributed by atoms with van der Waals surface area (Å²) >= 11 is 0. The summed E-state index contributed by atoms with van der Waals surface area (Å²) in [5.74, 6) is 0.136. The third kappa shape index (κ3) is 4.32. The molecule has 1 amide bonds. The van der Waals surface area contributed by atoms with Crippen LogP contribution in [0.4, 0.5) is 5.69 Å². The molecule has 0 atom stereocenters. The molecule has 1 aliphatic rings. The number of aryl methyl sites for hydroxylation is 1. The van der Waals surface area contributed by atoms with E-state index < -0.39 is 0 Å². The quantitative estimate of drug-likeness (QED) is 0.643. The van der Waals surface area contributed by atoms with Crippen molar-refractivity contribution in [3.63, 3.8) is 0 Å². The van der Waals surface area contributed by atoms with Crippen LogP contribution in [-0.4, -0.2) is 45.2 Å². The number of quaternary nitrogens is 2. The lowest BCUT2D eigenvalue weighted by Crippen LogP contribution is -3.28. The zero-order chi connectivity index (χ0) is 14.4. The summed E-state index contributed by atoms with van der Waals surface area (Å²) in [5, 5.41) is 3.01. The summed E-state index contributed by atoms with van der Waals surface area (Å²) in [6, 6.07) is 7.93. The van der Waals surface area contributed by atoms with Crippen LogP contribution >= 0.6 is 0 Å². The maximum absolute atomic E-state index is 12.0. The van der Waals surface area contributed by atoms with E-state index in [0.29, 0.717) is 6.42 Å². The Morgan fingerprint density at radius 1 is 1.15 bits per heavy atom. The molecule has 3 N–H and O–H groups in total. The first-order valence-corrected chi connectivity index (χ1v) is 7.71. The van der Waals surface area contributed by atoms with Gasteiger partial charge in [0.1, 0.15) is 26.2 Å². The number of carbonyl (C=O) groups is 1. The molecule has 1 aromatic rings. The number of benzene rings is 1. The van der Waals surface area contributed by atoms with Crippen molar-refractivity contribution in [1.29, 1.82) is 0 Å². The molecule has 0 unspecified atom stereocenters. The first-order valence-electron chi connectivity index (χ1n) is 7.71. The Labute approximate surface area is 121 Å². The van der Waals surface area contributed by atoms with Crippen LogP contribution in [0, 0.1) is 6.92 Å². The van der Waals surface area contributed by atoms with E-state index in [0.717, 1.165) is 17.8 Å². The highest BCUT2D eigenvalue weighted by Crippen LogP contribution is 2.12. The summed E-state index contributed by atoms with van der Waals surface area (Å²) in [4.78, 5) is 15.3. The molecule has 1 saturated heterocycles. The average Bonchev–Trinajstić information content (AvgIpc) is 2.48. The van der Waals surface area contributed by atoms with E-state index in [-0.39, 0.29) is 5.91 Å². The van der Waals surface area contributed by atoms with Crippen molar-refractivity contribution in [2.75, 3.05) is 44.6 Å². The first-order chi connectivity index (χ1) is 9.69. The van der Waals surface area contributed by atoms with E-state index in [4.69, 9.17) is 0 Å². The summed E-state index contributed by atoms with van der Waals surface area (Å²) in [6.07, 6.45) is 0.616. The van der Waals surface area contributed by atoms with Crippen LogP contribution in [0.1, 0.15) is 18.9 Å². The van der Waals surface area contributed by atoms with Gasteiger partial charge in [0, 0.05) is 5.69 Å². The maximum atomic E-state index is 12.0. The van der Waals surface area contributed by atoms with Crippen molar-refractivity contribution in [2.24, 2.45) is 0 Å². The second-order valence-corrected chi connectivity index (χ2v) is 5.72. The minimum absolute atomic E-state index is 0.136. The zero-order valence-corrected chi connectivity index (χ0v) is 12.7. The molecule has 1 fully saturated rings. The van der Waals surface area contributed by atoms with Crippen LogP contribution < -0.4 is 15.1 Å². The number of hydrogen-bond acceptors (Lipinski definition) is 1. The number of anilines is 1. The Bertz CT molecular complexity index is 439. The lowest BCUT2D eigenvalue weighted by molar-refractivity contribution is -1.01. The van der Waals surface area contributed by atoms with Crippen LogP contribution in [-0.2, 0) is 4.79 Å². The highest BCUT2D eigenvalue weighted by molar-refractivity contribution is 5.91. The zero-order valence-electron chi connectivity index (χ0n) is 12.7. The summed E-state index contributed by atoms with van der Waals surface area (Å²) < 4.78 is 0. The molecule has 0 radical (unpaired) electrons. The number of likely N-dealkylation sites (N-methyl/N-ethyl adjacent to an activating group) is 1. The van der Waals surface area contributed by atoms with E-state index in [2.05, 4.69) is 12.2 Å². The average molecular weight is 277 g/mol. The van der Waals surface area contributed by atoms with Gasteiger partial charge in [-0.1, -0.05) is 18.2 Å². The summed E-state index contributed by atoms with van der Waals surface area (Å²) in [5.41, 5.74) is 2.06. The predicted octanol–water partition coefficient (Wildman–Crippen LogP) is -0.873. The van der Waals surface area contributed by atoms with Crippen molar-refractivity contribution < 1.29 is 14.6 Å². The number of rotatable bonds is 5. The van der Waals surface area contributed by atoms with Gasteiger partial charge in [0.15, 0.2) is 0 Å². The molecule has 2 rings (SSSR count). The minimum atomic E-state index is 0.136. The number of hydrogen-bond donors (Lipinski definition) is 3. The number of nitrogens with one attached hydrogen (secondary N) is 3. The van der Waals surface area contributed by atoms with Crippen LogP contribution in [0.15, 0.2) is 24.3 Å². The third-order valence-electron chi connectivity index (χ3n) is 4.29. The molecule has 0 spiro atoms. The van der Waals surface area contributed by atoms with Gasteiger partial charge in [0.05, 0.1) is 19.5 Å². The van der Waals surface area contributed by atoms with Gasteiger partial charge in [-0.3, -0.25) is 4.79 Å². The van der Waals surface area contributed by atoms with Gasteiger partial charge in [0.2, 0.25) is 5.91 Å². The molecule has 110 valence electrons. The summed E-state index contributed by atoms with van der Waals surface area (Å²) in [7, 11) is 0. The van der Waals surface area contributed by atoms with Crippen molar-refractivity contribution in [1.82, 2.24) is 0 Å². The number of amides is 1. The molecule has 0 bridgehead atoms. The van der Waals surface area contributed by atoms with E-state index in [1.807, 2.05) is 31.2 Å². The molecule has 0 aliphatic carbocycles. The smallest absolute Gasteiger partial charge is 0.230 e. The molecule has 1 aliphatic heterocycles. The Morgan fingerprint density at radius 3 is 2.45 bits per heavy atom. The van der Waals surface area contributed by atoms with Crippen molar-refractivity contribution >= 4 is 11.6 Å². The topological polar surface area (TPSA) is 38.0 Å². The Kier molecular flexibility index (Phi) is 5.56. The lowest BCUT2D eigenvalue weighted by atomic mass is 10.2. The van der Waals surface area contributed by atoms with Crippen molar-refractivity contribution in [3.05, 3.63) is 29.8 Å². The minimum Gasteiger partial charge on any atom is -0.326 e. The maximum Gasteiger partial charge on any atom is 0.230 e. The van der Waals surface area contributed by atoms with E-state index >= 15 is 0 Å². The van der Waals surface area contributed by atoms with E-state index in [9.17, 15) is 4.79 Å². The second kappa shape index (κ2) is 7.41. The Morgan fingerprint density at radius 2 is 1.80 bits per heavy atom. The normalized spacial score (nSPS) is 22.5. The monoisotopic (exact) mass is 277 g/mol. The lowest BCUT2D eigenvalue weighted by Gasteiger charge is -2.28. The molecule has 0 saturated carbocycles. The van der Waals surface area contributed by atoms with Gasteiger partial charge in [-0.05, 0) is 25.5 Å². The Balaban J connectivity index is 1.72. The number of piperazine rings is 1. The highest BCUT2D eigenvalue weighted by Gasteiger charge is 2.21. The molecule has 20 heavy (non-hydrogen) atoms. The predicted molar refractivity (Wildman–Crippen MR) is 81.2 cm³/mol.